The number of aliphatic hydroxyl groups excluding tert-OH is 1. The van der Waals surface area contributed by atoms with Gasteiger partial charge in [-0.1, -0.05) is 5.16 Å². The van der Waals surface area contributed by atoms with E-state index in [1.807, 2.05) is 0 Å². The molecule has 1 aliphatic rings. The van der Waals surface area contributed by atoms with Crippen LogP contribution < -0.4 is 10.1 Å². The molecule has 0 radical (unpaired) electrons. The minimum absolute atomic E-state index is 0.00427. The van der Waals surface area contributed by atoms with Gasteiger partial charge in [-0.05, 0) is 55.7 Å². The number of rotatable bonds is 7. The number of carboxylic acid groups (broad SMARTS) is 1. The Balaban J connectivity index is 1.77. The molecule has 0 atom stereocenters. The fourth-order valence-corrected chi connectivity index (χ4v) is 3.47. The number of hydrogen-bond donors (Lipinski definition) is 3. The van der Waals surface area contributed by atoms with Crippen LogP contribution in [0.4, 0.5) is 10.2 Å². The van der Waals surface area contributed by atoms with Gasteiger partial charge in [-0.15, -0.1) is 0 Å². The molecule has 1 heterocycles. The van der Waals surface area contributed by atoms with Crippen molar-refractivity contribution in [1.29, 1.82) is 0 Å². The molecule has 0 spiro atoms. The molecule has 146 valence electrons. The lowest BCUT2D eigenvalue weighted by Gasteiger charge is -2.27. The first kappa shape index (κ1) is 19.2. The smallest absolute Gasteiger partial charge is 0.343 e. The Morgan fingerprint density at radius 3 is 2.67 bits per heavy atom. The van der Waals surface area contributed by atoms with Crippen molar-refractivity contribution in [2.24, 2.45) is 11.8 Å². The second kappa shape index (κ2) is 8.39. The van der Waals surface area contributed by atoms with Gasteiger partial charge >= 0.3 is 5.97 Å². The Bertz CT molecular complexity index is 799. The zero-order valence-electron chi connectivity index (χ0n) is 15.1. The van der Waals surface area contributed by atoms with Gasteiger partial charge in [0.05, 0.1) is 7.11 Å². The van der Waals surface area contributed by atoms with Crippen LogP contribution in [0.1, 0.15) is 36.0 Å². The molecule has 1 aliphatic carbocycles. The van der Waals surface area contributed by atoms with E-state index < -0.39 is 11.8 Å². The van der Waals surface area contributed by atoms with Crippen molar-refractivity contribution in [3.8, 4) is 17.1 Å². The number of aromatic carboxylic acids is 1. The van der Waals surface area contributed by atoms with Gasteiger partial charge < -0.3 is 24.8 Å². The Morgan fingerprint density at radius 2 is 2.04 bits per heavy atom. The van der Waals surface area contributed by atoms with Crippen LogP contribution in [0.15, 0.2) is 22.7 Å². The zero-order valence-corrected chi connectivity index (χ0v) is 15.1. The van der Waals surface area contributed by atoms with E-state index in [1.54, 1.807) is 0 Å². The van der Waals surface area contributed by atoms with Gasteiger partial charge in [0.2, 0.25) is 0 Å². The lowest BCUT2D eigenvalue weighted by Crippen LogP contribution is -2.23. The maximum Gasteiger partial charge on any atom is 0.343 e. The number of ether oxygens (including phenoxy) is 1. The molecule has 0 saturated heterocycles. The second-order valence-electron chi connectivity index (χ2n) is 6.84. The van der Waals surface area contributed by atoms with E-state index in [0.29, 0.717) is 23.9 Å². The largest absolute Gasteiger partial charge is 0.494 e. The number of nitrogens with zero attached hydrogens (tertiary/aromatic N) is 1. The summed E-state index contributed by atoms with van der Waals surface area (Å²) < 4.78 is 23.8. The lowest BCUT2D eigenvalue weighted by atomic mass is 9.82. The number of nitrogens with one attached hydrogen (secondary N) is 1. The average Bonchev–Trinajstić information content (AvgIpc) is 3.11. The first-order valence-corrected chi connectivity index (χ1v) is 8.95. The summed E-state index contributed by atoms with van der Waals surface area (Å²) in [5, 5.41) is 25.8. The molecule has 0 bridgehead atoms. The van der Waals surface area contributed by atoms with Gasteiger partial charge in [0.1, 0.15) is 0 Å². The number of methoxy groups -OCH3 is 1. The SMILES string of the molecule is COc1cc(-c2onc(NCC3CCC(CO)CC3)c2C(=O)O)ccc1F. The van der Waals surface area contributed by atoms with Crippen LogP contribution >= 0.6 is 0 Å². The molecule has 1 aromatic carbocycles. The summed E-state index contributed by atoms with van der Waals surface area (Å²) in [6.07, 6.45) is 3.88. The molecule has 0 aliphatic heterocycles. The maximum atomic E-state index is 13.6. The van der Waals surface area contributed by atoms with Crippen molar-refractivity contribution in [2.75, 3.05) is 25.6 Å². The molecule has 1 fully saturated rings. The highest BCUT2D eigenvalue weighted by Gasteiger charge is 2.26. The summed E-state index contributed by atoms with van der Waals surface area (Å²) in [5.74, 6) is -0.772. The summed E-state index contributed by atoms with van der Waals surface area (Å²) in [6, 6.07) is 3.99. The minimum atomic E-state index is -1.18. The van der Waals surface area contributed by atoms with E-state index in [-0.39, 0.29) is 29.5 Å². The second-order valence-corrected chi connectivity index (χ2v) is 6.84. The van der Waals surface area contributed by atoms with Gasteiger partial charge in [-0.25, -0.2) is 9.18 Å². The van der Waals surface area contributed by atoms with E-state index in [0.717, 1.165) is 25.7 Å². The molecule has 0 unspecified atom stereocenters. The van der Waals surface area contributed by atoms with Crippen molar-refractivity contribution in [3.63, 3.8) is 0 Å². The molecule has 2 aromatic rings. The number of carbonyl (C=O) groups is 1. The normalized spacial score (nSPS) is 19.7. The van der Waals surface area contributed by atoms with Gasteiger partial charge in [-0.2, -0.15) is 0 Å². The first-order valence-electron chi connectivity index (χ1n) is 8.95. The number of anilines is 1. The molecule has 27 heavy (non-hydrogen) atoms. The van der Waals surface area contributed by atoms with Crippen molar-refractivity contribution >= 4 is 11.8 Å². The van der Waals surface area contributed by atoms with Crippen LogP contribution in [0.5, 0.6) is 5.75 Å². The number of aromatic nitrogens is 1. The molecule has 8 heteroatoms. The molecule has 7 nitrogen and oxygen atoms in total. The highest BCUT2D eigenvalue weighted by Crippen LogP contribution is 2.33. The highest BCUT2D eigenvalue weighted by molar-refractivity contribution is 5.99. The standard InChI is InChI=1S/C19H23FN2O5/c1-26-15-8-13(6-7-14(15)20)17-16(19(24)25)18(22-27-17)21-9-11-2-4-12(10-23)5-3-11/h6-8,11-12,23H,2-5,9-10H2,1H3,(H,21,22)(H,24,25). The van der Waals surface area contributed by atoms with Crippen molar-refractivity contribution in [1.82, 2.24) is 5.16 Å². The van der Waals surface area contributed by atoms with Crippen molar-refractivity contribution < 1.29 is 28.7 Å². The fraction of sp³-hybridized carbons (Fsp3) is 0.474. The quantitative estimate of drug-likeness (QED) is 0.678. The van der Waals surface area contributed by atoms with Crippen LogP contribution in [0, 0.1) is 17.7 Å². The monoisotopic (exact) mass is 378 g/mol. The number of aliphatic hydroxyl groups is 1. The summed E-state index contributed by atoms with van der Waals surface area (Å²) in [7, 11) is 1.33. The summed E-state index contributed by atoms with van der Waals surface area (Å²) in [6.45, 7) is 0.800. The van der Waals surface area contributed by atoms with Crippen LogP contribution in [0.3, 0.4) is 0 Å². The molecule has 1 saturated carbocycles. The van der Waals surface area contributed by atoms with Gasteiger partial charge in [-0.3, -0.25) is 0 Å². The molecular formula is C19H23FN2O5. The maximum absolute atomic E-state index is 13.6. The van der Waals surface area contributed by atoms with Crippen molar-refractivity contribution in [2.45, 2.75) is 25.7 Å². The third kappa shape index (κ3) is 4.21. The third-order valence-corrected chi connectivity index (χ3v) is 5.10. The number of hydrogen-bond acceptors (Lipinski definition) is 6. The summed E-state index contributed by atoms with van der Waals surface area (Å²) >= 11 is 0. The lowest BCUT2D eigenvalue weighted by molar-refractivity contribution is 0.0698. The van der Waals surface area contributed by atoms with E-state index in [1.165, 1.54) is 25.3 Å². The number of benzene rings is 1. The molecule has 3 rings (SSSR count). The van der Waals surface area contributed by atoms with Crippen LogP contribution in [0.2, 0.25) is 0 Å². The summed E-state index contributed by atoms with van der Waals surface area (Å²) in [4.78, 5) is 11.8. The summed E-state index contributed by atoms with van der Waals surface area (Å²) in [5.41, 5.74) is 0.280. The number of halogens is 1. The predicted molar refractivity (Wildman–Crippen MR) is 96.4 cm³/mol. The van der Waals surface area contributed by atoms with Gasteiger partial charge in [0, 0.05) is 18.7 Å². The van der Waals surface area contributed by atoms with E-state index in [2.05, 4.69) is 10.5 Å². The number of carboxylic acids is 1. The van der Waals surface area contributed by atoms with Crippen LogP contribution in [-0.2, 0) is 0 Å². The van der Waals surface area contributed by atoms with E-state index in [9.17, 15) is 19.4 Å². The third-order valence-electron chi connectivity index (χ3n) is 5.10. The Hall–Kier alpha value is -2.61. The zero-order chi connectivity index (χ0) is 19.4. The Morgan fingerprint density at radius 1 is 1.33 bits per heavy atom. The predicted octanol–water partition coefficient (Wildman–Crippen LogP) is 3.40. The van der Waals surface area contributed by atoms with Crippen molar-refractivity contribution in [3.05, 3.63) is 29.6 Å². The molecule has 0 amide bonds. The Labute approximate surface area is 156 Å². The molecule has 3 N–H and O–H groups in total. The van der Waals surface area contributed by atoms with Crippen LogP contribution in [0.25, 0.3) is 11.3 Å². The highest BCUT2D eigenvalue weighted by atomic mass is 19.1. The van der Waals surface area contributed by atoms with Crippen LogP contribution in [-0.4, -0.2) is 41.6 Å². The fourth-order valence-electron chi connectivity index (χ4n) is 3.47. The molecule has 1 aromatic heterocycles. The van der Waals surface area contributed by atoms with E-state index >= 15 is 0 Å². The average molecular weight is 378 g/mol. The van der Waals surface area contributed by atoms with Gasteiger partial charge in [0.25, 0.3) is 0 Å². The Kier molecular flexibility index (Phi) is 5.95. The minimum Gasteiger partial charge on any atom is -0.494 e. The topological polar surface area (TPSA) is 105 Å². The molecular weight excluding hydrogens is 355 g/mol. The first-order chi connectivity index (χ1) is 13.0. The van der Waals surface area contributed by atoms with Gasteiger partial charge in [0.15, 0.2) is 28.7 Å². The van der Waals surface area contributed by atoms with E-state index in [4.69, 9.17) is 9.26 Å².